The van der Waals surface area contributed by atoms with E-state index in [9.17, 15) is 13.7 Å². The van der Waals surface area contributed by atoms with E-state index in [4.69, 9.17) is 4.99 Å². The molecule has 2 heterocycles. The van der Waals surface area contributed by atoms with Crippen molar-refractivity contribution in [3.8, 4) is 6.07 Å². The second-order valence-corrected chi connectivity index (χ2v) is 10.6. The zero-order valence-electron chi connectivity index (χ0n) is 16.8. The molecule has 0 aromatic carbocycles. The molecule has 1 aliphatic carbocycles. The smallest absolute Gasteiger partial charge is 0.194 e. The molecule has 2 unspecified atom stereocenters. The maximum atomic E-state index is 11.7. The lowest BCUT2D eigenvalue weighted by molar-refractivity contribution is 0.170. The number of guanidine groups is 1. The lowest BCUT2D eigenvalue weighted by Crippen LogP contribution is -2.56. The predicted molar refractivity (Wildman–Crippen MR) is 123 cm³/mol. The van der Waals surface area contributed by atoms with Gasteiger partial charge in [0.2, 0.25) is 0 Å². The predicted octanol–water partition coefficient (Wildman–Crippen LogP) is 1.70. The van der Waals surface area contributed by atoms with Gasteiger partial charge in [-0.15, -0.1) is 24.0 Å². The highest BCUT2D eigenvalue weighted by atomic mass is 127. The third kappa shape index (κ3) is 6.73. The first-order valence-electron chi connectivity index (χ1n) is 10.3. The Morgan fingerprint density at radius 1 is 1.18 bits per heavy atom. The van der Waals surface area contributed by atoms with Crippen molar-refractivity contribution in [3.05, 3.63) is 0 Å². The first-order chi connectivity index (χ1) is 13.0. The van der Waals surface area contributed by atoms with Crippen LogP contribution in [0.2, 0.25) is 0 Å². The van der Waals surface area contributed by atoms with Crippen LogP contribution in [0.1, 0.15) is 38.5 Å². The van der Waals surface area contributed by atoms with Crippen LogP contribution in [0.5, 0.6) is 0 Å². The van der Waals surface area contributed by atoms with Crippen LogP contribution in [0.4, 0.5) is 0 Å². The van der Waals surface area contributed by atoms with Gasteiger partial charge >= 0.3 is 0 Å². The summed E-state index contributed by atoms with van der Waals surface area (Å²) in [4.78, 5) is 9.08. The summed E-state index contributed by atoms with van der Waals surface area (Å²) in [7, 11) is -0.884. The number of halogens is 1. The summed E-state index contributed by atoms with van der Waals surface area (Å²) in [5.41, 5.74) is 0. The number of rotatable bonds is 4. The van der Waals surface area contributed by atoms with Crippen molar-refractivity contribution >= 4 is 39.8 Å². The molecule has 2 saturated heterocycles. The fourth-order valence-corrected chi connectivity index (χ4v) is 6.18. The van der Waals surface area contributed by atoms with Crippen molar-refractivity contribution in [2.75, 3.05) is 51.3 Å². The molecule has 2 aliphatic heterocycles. The summed E-state index contributed by atoms with van der Waals surface area (Å²) in [5, 5.41) is 13.0. The zero-order valence-corrected chi connectivity index (χ0v) is 20.0. The first kappa shape index (κ1) is 23.7. The van der Waals surface area contributed by atoms with Crippen molar-refractivity contribution in [2.45, 2.75) is 44.6 Å². The molecule has 3 rings (SSSR count). The number of hydrogen-bond donors (Lipinski definition) is 1. The quantitative estimate of drug-likeness (QED) is 0.343. The molecular weight excluding hydrogens is 489 g/mol. The molecule has 1 saturated carbocycles. The Morgan fingerprint density at radius 2 is 1.93 bits per heavy atom. The Kier molecular flexibility index (Phi) is 9.28. The van der Waals surface area contributed by atoms with Crippen LogP contribution >= 0.6 is 24.0 Å². The fraction of sp³-hybridized carbons (Fsp3) is 0.895. The van der Waals surface area contributed by atoms with Crippen molar-refractivity contribution in [2.24, 2.45) is 16.8 Å². The number of hydrogen-bond acceptors (Lipinski definition) is 5. The summed E-state index contributed by atoms with van der Waals surface area (Å²) in [6, 6.07) is 2.24. The van der Waals surface area contributed by atoms with Crippen molar-refractivity contribution < 1.29 is 8.42 Å². The fourth-order valence-electron chi connectivity index (χ4n) is 4.33. The molecule has 160 valence electrons. The minimum Gasteiger partial charge on any atom is -0.356 e. The van der Waals surface area contributed by atoms with Crippen LogP contribution in [0.15, 0.2) is 4.99 Å². The molecule has 0 radical (unpaired) electrons. The minimum absolute atomic E-state index is 0. The summed E-state index contributed by atoms with van der Waals surface area (Å²) in [5.74, 6) is 2.23. The Balaban J connectivity index is 0.00000280. The number of piperazine rings is 1. The van der Waals surface area contributed by atoms with Crippen molar-refractivity contribution in [1.29, 1.82) is 5.26 Å². The van der Waals surface area contributed by atoms with Gasteiger partial charge in [-0.3, -0.25) is 9.89 Å². The van der Waals surface area contributed by atoms with Crippen LogP contribution in [-0.4, -0.2) is 81.5 Å². The van der Waals surface area contributed by atoms with Gasteiger partial charge in [0.25, 0.3) is 0 Å². The van der Waals surface area contributed by atoms with E-state index in [0.717, 1.165) is 25.6 Å². The van der Waals surface area contributed by atoms with Gasteiger partial charge in [0.05, 0.1) is 17.6 Å². The van der Waals surface area contributed by atoms with Crippen LogP contribution in [0.3, 0.4) is 0 Å². The number of nitriles is 1. The summed E-state index contributed by atoms with van der Waals surface area (Å²) in [6.07, 6.45) is 7.21. The highest BCUT2D eigenvalue weighted by Gasteiger charge is 2.29. The molecule has 3 aliphatic rings. The molecule has 0 spiro atoms. The van der Waals surface area contributed by atoms with E-state index >= 15 is 0 Å². The molecule has 1 N–H and O–H groups in total. The van der Waals surface area contributed by atoms with Gasteiger partial charge < -0.3 is 10.2 Å². The second-order valence-electron chi connectivity index (χ2n) is 8.39. The normalized spacial score (nSPS) is 29.1. The molecule has 9 heteroatoms. The molecule has 28 heavy (non-hydrogen) atoms. The third-order valence-corrected chi connectivity index (χ3v) is 8.03. The van der Waals surface area contributed by atoms with Gasteiger partial charge in [-0.05, 0) is 38.1 Å². The molecule has 0 amide bonds. The van der Waals surface area contributed by atoms with Crippen LogP contribution in [-0.2, 0) is 9.84 Å². The average molecular weight is 523 g/mol. The van der Waals surface area contributed by atoms with E-state index in [-0.39, 0.29) is 41.7 Å². The van der Waals surface area contributed by atoms with E-state index < -0.39 is 9.84 Å². The van der Waals surface area contributed by atoms with Crippen LogP contribution in [0.25, 0.3) is 0 Å². The number of nitrogens with zero attached hydrogens (tertiary/aromatic N) is 4. The van der Waals surface area contributed by atoms with E-state index in [0.29, 0.717) is 31.2 Å². The molecule has 0 bridgehead atoms. The second kappa shape index (κ2) is 11.0. The zero-order chi connectivity index (χ0) is 19.3. The lowest BCUT2D eigenvalue weighted by Gasteiger charge is -2.38. The number of nitrogens with one attached hydrogen (secondary N) is 1. The Labute approximate surface area is 186 Å². The lowest BCUT2D eigenvalue weighted by atomic mass is 9.89. The van der Waals surface area contributed by atoms with Gasteiger partial charge in [-0.2, -0.15) is 5.26 Å². The topological polar surface area (TPSA) is 88.8 Å². The minimum atomic E-state index is -2.87. The summed E-state index contributed by atoms with van der Waals surface area (Å²) >= 11 is 0. The molecule has 3 fully saturated rings. The first-order valence-corrected chi connectivity index (χ1v) is 12.1. The molecule has 0 aromatic heterocycles. The largest absolute Gasteiger partial charge is 0.356 e. The van der Waals surface area contributed by atoms with Crippen LogP contribution in [0, 0.1) is 23.2 Å². The van der Waals surface area contributed by atoms with E-state index in [2.05, 4.69) is 21.2 Å². The Morgan fingerprint density at radius 3 is 2.57 bits per heavy atom. The molecule has 0 aromatic rings. The van der Waals surface area contributed by atoms with Crippen molar-refractivity contribution in [1.82, 2.24) is 15.1 Å². The molecule has 7 nitrogen and oxygen atoms in total. The summed E-state index contributed by atoms with van der Waals surface area (Å²) < 4.78 is 23.4. The van der Waals surface area contributed by atoms with E-state index in [1.165, 1.54) is 32.1 Å². The summed E-state index contributed by atoms with van der Waals surface area (Å²) in [6.45, 7) is 3.79. The molecule has 2 atom stereocenters. The monoisotopic (exact) mass is 523 g/mol. The number of aliphatic imine (C=N–C) groups is 1. The van der Waals surface area contributed by atoms with Gasteiger partial charge in [0, 0.05) is 32.7 Å². The van der Waals surface area contributed by atoms with Crippen molar-refractivity contribution in [3.63, 3.8) is 0 Å². The maximum Gasteiger partial charge on any atom is 0.194 e. The van der Waals surface area contributed by atoms with Gasteiger partial charge in [0.15, 0.2) is 15.8 Å². The van der Waals surface area contributed by atoms with E-state index in [1.54, 1.807) is 0 Å². The number of likely N-dealkylation sites (N-methyl/N-ethyl adjacent to an activating group) is 1. The maximum absolute atomic E-state index is 11.7. The Hall–Kier alpha value is -0.600. The molecular formula is C19H34IN5O2S. The highest BCUT2D eigenvalue weighted by Crippen LogP contribution is 2.23. The Bertz CT molecular complexity index is 672. The SMILES string of the molecule is CN1CCN(C(=NCC2CCS(=O)(=O)C2)NCC2CCCCC2)CC1C#N.I. The third-order valence-electron chi connectivity index (χ3n) is 6.20. The van der Waals surface area contributed by atoms with Gasteiger partial charge in [-0.25, -0.2) is 8.42 Å². The van der Waals surface area contributed by atoms with Crippen LogP contribution < -0.4 is 5.32 Å². The average Bonchev–Trinajstić information content (AvgIpc) is 3.02. The van der Waals surface area contributed by atoms with Gasteiger partial charge in [-0.1, -0.05) is 19.3 Å². The standard InChI is InChI=1S/C19H33N5O2S.HI/c1-23-8-9-24(14-18(23)11-20)19(21-12-16-5-3-2-4-6-16)22-13-17-7-10-27(25,26)15-17;/h16-18H,2-10,12-15H2,1H3,(H,21,22);1H. The number of sulfone groups is 1. The van der Waals surface area contributed by atoms with E-state index in [1.807, 2.05) is 7.05 Å². The highest BCUT2D eigenvalue weighted by molar-refractivity contribution is 14.0. The van der Waals surface area contributed by atoms with Gasteiger partial charge in [0.1, 0.15) is 6.04 Å².